The lowest BCUT2D eigenvalue weighted by Crippen LogP contribution is -2.32. The zero-order chi connectivity index (χ0) is 13.9. The van der Waals surface area contributed by atoms with Gasteiger partial charge in [-0.05, 0) is 67.7 Å². The van der Waals surface area contributed by atoms with Crippen molar-refractivity contribution in [1.82, 2.24) is 0 Å². The Kier molecular flexibility index (Phi) is 4.30. The van der Waals surface area contributed by atoms with Crippen molar-refractivity contribution in [3.63, 3.8) is 0 Å². The van der Waals surface area contributed by atoms with Gasteiger partial charge in [0.25, 0.3) is 0 Å². The molecule has 110 valence electrons. The number of anilines is 1. The Morgan fingerprint density at radius 2 is 2.05 bits per heavy atom. The molecule has 0 radical (unpaired) electrons. The number of hydrogen-bond acceptors (Lipinski definition) is 2. The minimum absolute atomic E-state index is 0.391. The summed E-state index contributed by atoms with van der Waals surface area (Å²) in [5.74, 6) is 0.686. The van der Waals surface area contributed by atoms with Crippen molar-refractivity contribution in [2.75, 3.05) is 18.0 Å². The van der Waals surface area contributed by atoms with Crippen molar-refractivity contribution < 1.29 is 0 Å². The highest BCUT2D eigenvalue weighted by Crippen LogP contribution is 2.30. The molecule has 0 saturated carbocycles. The molecule has 1 fully saturated rings. The van der Waals surface area contributed by atoms with E-state index in [9.17, 15) is 0 Å². The summed E-state index contributed by atoms with van der Waals surface area (Å²) < 4.78 is 0. The summed E-state index contributed by atoms with van der Waals surface area (Å²) >= 11 is 0. The molecule has 2 N–H and O–H groups in total. The third-order valence-corrected chi connectivity index (χ3v) is 5.15. The first-order valence-corrected chi connectivity index (χ1v) is 8.40. The van der Waals surface area contributed by atoms with Crippen molar-refractivity contribution in [3.8, 4) is 0 Å². The van der Waals surface area contributed by atoms with Gasteiger partial charge in [0.2, 0.25) is 0 Å². The molecule has 1 aliphatic heterocycles. The van der Waals surface area contributed by atoms with Crippen LogP contribution in [0.5, 0.6) is 0 Å². The lowest BCUT2D eigenvalue weighted by atomic mass is 9.91. The van der Waals surface area contributed by atoms with Gasteiger partial charge in [-0.1, -0.05) is 19.4 Å². The summed E-state index contributed by atoms with van der Waals surface area (Å²) in [5.41, 5.74) is 10.9. The van der Waals surface area contributed by atoms with Crippen molar-refractivity contribution in [2.24, 2.45) is 11.7 Å². The molecule has 1 aliphatic carbocycles. The van der Waals surface area contributed by atoms with Gasteiger partial charge in [-0.25, -0.2) is 0 Å². The fourth-order valence-corrected chi connectivity index (χ4v) is 3.86. The van der Waals surface area contributed by atoms with Gasteiger partial charge in [0, 0.05) is 24.8 Å². The molecule has 2 heteroatoms. The van der Waals surface area contributed by atoms with Crippen molar-refractivity contribution in [3.05, 3.63) is 29.3 Å². The van der Waals surface area contributed by atoms with E-state index in [4.69, 9.17) is 5.73 Å². The van der Waals surface area contributed by atoms with E-state index in [0.717, 1.165) is 6.54 Å². The first kappa shape index (κ1) is 13.9. The molecular formula is C18H28N2. The molecule has 0 amide bonds. The average Bonchev–Trinajstić information content (AvgIpc) is 2.97. The average molecular weight is 272 g/mol. The standard InChI is InChI=1S/C18H28N2/c1-2-5-18(19)16-10-11-20(13-16)17-9-8-14-6-3-4-7-15(14)12-17/h8-9,12,16,18H,2-7,10-11,13,19H2,1H3. The van der Waals surface area contributed by atoms with Gasteiger partial charge in [0.15, 0.2) is 0 Å². The second-order valence-corrected chi connectivity index (χ2v) is 6.61. The van der Waals surface area contributed by atoms with Crippen molar-refractivity contribution in [2.45, 2.75) is 57.9 Å². The number of hydrogen-bond donors (Lipinski definition) is 1. The highest BCUT2D eigenvalue weighted by Gasteiger charge is 2.27. The van der Waals surface area contributed by atoms with E-state index in [2.05, 4.69) is 30.0 Å². The van der Waals surface area contributed by atoms with E-state index in [1.54, 1.807) is 11.1 Å². The predicted octanol–water partition coefficient (Wildman–Crippen LogP) is 3.52. The SMILES string of the molecule is CCCC(N)C1CCN(c2ccc3c(c2)CCCC3)C1. The zero-order valence-electron chi connectivity index (χ0n) is 12.8. The molecule has 2 unspecified atom stereocenters. The molecule has 1 aromatic carbocycles. The molecule has 20 heavy (non-hydrogen) atoms. The maximum Gasteiger partial charge on any atom is 0.0369 e. The smallest absolute Gasteiger partial charge is 0.0369 e. The Balaban J connectivity index is 1.68. The first-order chi connectivity index (χ1) is 9.78. The van der Waals surface area contributed by atoms with E-state index >= 15 is 0 Å². The molecule has 2 nitrogen and oxygen atoms in total. The molecule has 2 aliphatic rings. The second kappa shape index (κ2) is 6.17. The minimum Gasteiger partial charge on any atom is -0.371 e. The number of rotatable bonds is 4. The fourth-order valence-electron chi connectivity index (χ4n) is 3.86. The van der Waals surface area contributed by atoms with Crippen LogP contribution in [-0.2, 0) is 12.8 Å². The van der Waals surface area contributed by atoms with Crippen molar-refractivity contribution in [1.29, 1.82) is 0 Å². The molecule has 2 atom stereocenters. The van der Waals surface area contributed by atoms with E-state index in [-0.39, 0.29) is 0 Å². The predicted molar refractivity (Wildman–Crippen MR) is 86.3 cm³/mol. The Bertz CT molecular complexity index is 455. The second-order valence-electron chi connectivity index (χ2n) is 6.61. The molecule has 1 heterocycles. The van der Waals surface area contributed by atoms with E-state index in [0.29, 0.717) is 12.0 Å². The van der Waals surface area contributed by atoms with Crippen molar-refractivity contribution >= 4 is 5.69 Å². The van der Waals surface area contributed by atoms with E-state index in [1.807, 2.05) is 0 Å². The van der Waals surface area contributed by atoms with Crippen LogP contribution in [0.1, 0.15) is 50.2 Å². The van der Waals surface area contributed by atoms with Crippen LogP contribution in [0, 0.1) is 5.92 Å². The summed E-state index contributed by atoms with van der Waals surface area (Å²) in [7, 11) is 0. The van der Waals surface area contributed by atoms with Gasteiger partial charge in [-0.3, -0.25) is 0 Å². The van der Waals surface area contributed by atoms with Gasteiger partial charge in [0.1, 0.15) is 0 Å². The maximum atomic E-state index is 6.31. The Labute approximate surface area is 123 Å². The Morgan fingerprint density at radius 1 is 1.25 bits per heavy atom. The van der Waals surface area contributed by atoms with Gasteiger partial charge in [-0.15, -0.1) is 0 Å². The third-order valence-electron chi connectivity index (χ3n) is 5.15. The molecule has 0 bridgehead atoms. The summed E-state index contributed by atoms with van der Waals surface area (Å²) in [6.45, 7) is 4.57. The number of fused-ring (bicyclic) bond motifs is 1. The highest BCUT2D eigenvalue weighted by molar-refractivity contribution is 5.52. The van der Waals surface area contributed by atoms with Crippen LogP contribution in [0.25, 0.3) is 0 Å². The van der Waals surface area contributed by atoms with Crippen LogP contribution in [0.4, 0.5) is 5.69 Å². The molecular weight excluding hydrogens is 244 g/mol. The van der Waals surface area contributed by atoms with Gasteiger partial charge in [-0.2, -0.15) is 0 Å². The number of nitrogens with zero attached hydrogens (tertiary/aromatic N) is 1. The van der Waals surface area contributed by atoms with E-state index < -0.39 is 0 Å². The monoisotopic (exact) mass is 272 g/mol. The van der Waals surface area contributed by atoms with Crippen LogP contribution in [0.2, 0.25) is 0 Å². The Hall–Kier alpha value is -1.02. The lowest BCUT2D eigenvalue weighted by molar-refractivity contribution is 0.430. The Morgan fingerprint density at radius 3 is 2.85 bits per heavy atom. The topological polar surface area (TPSA) is 29.3 Å². The number of aryl methyl sites for hydroxylation is 2. The highest BCUT2D eigenvalue weighted by atomic mass is 15.2. The summed E-state index contributed by atoms with van der Waals surface area (Å²) in [4.78, 5) is 2.55. The van der Waals surface area contributed by atoms with Gasteiger partial charge >= 0.3 is 0 Å². The maximum absolute atomic E-state index is 6.31. The van der Waals surface area contributed by atoms with Crippen LogP contribution >= 0.6 is 0 Å². The molecule has 0 spiro atoms. The molecule has 1 aromatic rings. The van der Waals surface area contributed by atoms with Crippen LogP contribution in [0.3, 0.4) is 0 Å². The molecule has 3 rings (SSSR count). The summed E-state index contributed by atoms with van der Waals surface area (Å²) in [5, 5.41) is 0. The largest absolute Gasteiger partial charge is 0.371 e. The van der Waals surface area contributed by atoms with Gasteiger partial charge < -0.3 is 10.6 Å². The minimum atomic E-state index is 0.391. The van der Waals surface area contributed by atoms with Gasteiger partial charge in [0.05, 0.1) is 0 Å². The summed E-state index contributed by atoms with van der Waals surface area (Å²) in [6.07, 6.45) is 8.91. The number of benzene rings is 1. The molecule has 1 saturated heterocycles. The lowest BCUT2D eigenvalue weighted by Gasteiger charge is -2.24. The third kappa shape index (κ3) is 2.85. The first-order valence-electron chi connectivity index (χ1n) is 8.40. The summed E-state index contributed by atoms with van der Waals surface area (Å²) in [6, 6.07) is 7.53. The van der Waals surface area contributed by atoms with Crippen LogP contribution < -0.4 is 10.6 Å². The van der Waals surface area contributed by atoms with Crippen LogP contribution in [0.15, 0.2) is 18.2 Å². The van der Waals surface area contributed by atoms with E-state index in [1.165, 1.54) is 57.2 Å². The normalized spacial score (nSPS) is 23.7. The fraction of sp³-hybridized carbons (Fsp3) is 0.667. The molecule has 0 aromatic heterocycles. The quantitative estimate of drug-likeness (QED) is 0.908. The van der Waals surface area contributed by atoms with Crippen LogP contribution in [-0.4, -0.2) is 19.1 Å². The zero-order valence-corrected chi connectivity index (χ0v) is 12.8. The number of nitrogens with two attached hydrogens (primary N) is 1.